The number of hydrogen-bond donors (Lipinski definition) is 2. The molecule has 0 aliphatic rings. The summed E-state index contributed by atoms with van der Waals surface area (Å²) in [6, 6.07) is 10.7. The van der Waals surface area contributed by atoms with Gasteiger partial charge in [0.1, 0.15) is 5.82 Å². The first-order valence-corrected chi connectivity index (χ1v) is 7.82. The van der Waals surface area contributed by atoms with Gasteiger partial charge < -0.3 is 15.6 Å². The van der Waals surface area contributed by atoms with Crippen LogP contribution in [0, 0.1) is 0 Å². The van der Waals surface area contributed by atoms with Crippen molar-refractivity contribution in [3.63, 3.8) is 0 Å². The number of carbonyl (C=O) groups excluding carboxylic acids is 1. The highest BCUT2D eigenvalue weighted by Crippen LogP contribution is 2.20. The Morgan fingerprint density at radius 3 is 2.64 bits per heavy atom. The van der Waals surface area contributed by atoms with Crippen molar-refractivity contribution in [3.05, 3.63) is 46.8 Å². The van der Waals surface area contributed by atoms with Crippen molar-refractivity contribution in [2.24, 2.45) is 0 Å². The monoisotopic (exact) mass is 318 g/mol. The fourth-order valence-electron chi connectivity index (χ4n) is 2.04. The van der Waals surface area contributed by atoms with Crippen molar-refractivity contribution >= 4 is 29.2 Å². The zero-order valence-electron chi connectivity index (χ0n) is 12.4. The molecule has 1 aromatic heterocycles. The van der Waals surface area contributed by atoms with E-state index in [1.807, 2.05) is 44.2 Å². The third-order valence-electron chi connectivity index (χ3n) is 2.89. The summed E-state index contributed by atoms with van der Waals surface area (Å²) in [7, 11) is 0. The van der Waals surface area contributed by atoms with Crippen LogP contribution in [-0.2, 0) is 4.79 Å². The van der Waals surface area contributed by atoms with Gasteiger partial charge >= 0.3 is 0 Å². The highest BCUT2D eigenvalue weighted by Gasteiger charge is 2.19. The molecule has 116 valence electrons. The summed E-state index contributed by atoms with van der Waals surface area (Å²) in [6.45, 7) is 3.91. The van der Waals surface area contributed by atoms with E-state index in [1.165, 1.54) is 6.07 Å². The normalized spacial score (nSPS) is 10.7. The Morgan fingerprint density at radius 2 is 2.05 bits per heavy atom. The summed E-state index contributed by atoms with van der Waals surface area (Å²) in [4.78, 5) is 32.1. The Bertz CT molecular complexity index is 700. The minimum absolute atomic E-state index is 0.0309. The number of nitrogens with zero attached hydrogens (tertiary/aromatic N) is 2. The molecule has 1 amide bonds. The summed E-state index contributed by atoms with van der Waals surface area (Å²) in [5.74, 6) is 0.248. The molecule has 0 fully saturated rings. The van der Waals surface area contributed by atoms with Crippen molar-refractivity contribution in [1.82, 2.24) is 9.97 Å². The van der Waals surface area contributed by atoms with Crippen LogP contribution in [0.15, 0.2) is 46.3 Å². The van der Waals surface area contributed by atoms with Crippen molar-refractivity contribution in [3.8, 4) is 0 Å². The maximum absolute atomic E-state index is 12.5. The van der Waals surface area contributed by atoms with Crippen LogP contribution in [0.4, 0.5) is 11.5 Å². The van der Waals surface area contributed by atoms with E-state index in [2.05, 4.69) is 9.97 Å². The van der Waals surface area contributed by atoms with Gasteiger partial charge in [0.25, 0.3) is 5.56 Å². The molecule has 6 nitrogen and oxygen atoms in total. The zero-order chi connectivity index (χ0) is 16.1. The summed E-state index contributed by atoms with van der Waals surface area (Å²) in [6.07, 6.45) is 0. The van der Waals surface area contributed by atoms with E-state index >= 15 is 0 Å². The number of rotatable bonds is 5. The van der Waals surface area contributed by atoms with Gasteiger partial charge in [-0.2, -0.15) is 0 Å². The molecule has 22 heavy (non-hydrogen) atoms. The van der Waals surface area contributed by atoms with Crippen LogP contribution < -0.4 is 16.2 Å². The summed E-state index contributed by atoms with van der Waals surface area (Å²) >= 11 is 1.16. The van der Waals surface area contributed by atoms with E-state index in [0.29, 0.717) is 5.16 Å². The number of nitrogens with one attached hydrogen (secondary N) is 1. The molecule has 0 bridgehead atoms. The maximum atomic E-state index is 12.5. The third kappa shape index (κ3) is 4.11. The van der Waals surface area contributed by atoms with Crippen LogP contribution in [0.1, 0.15) is 13.8 Å². The lowest BCUT2D eigenvalue weighted by molar-refractivity contribution is -0.116. The summed E-state index contributed by atoms with van der Waals surface area (Å²) < 4.78 is 0. The second-order valence-electron chi connectivity index (χ2n) is 4.96. The predicted octanol–water partition coefficient (Wildman–Crippen LogP) is 1.89. The van der Waals surface area contributed by atoms with Crippen LogP contribution in [0.5, 0.6) is 0 Å². The van der Waals surface area contributed by atoms with Gasteiger partial charge in [0.2, 0.25) is 5.91 Å². The molecule has 0 saturated carbocycles. The molecule has 1 heterocycles. The number of aromatic amines is 1. The molecule has 0 aliphatic heterocycles. The Hall–Kier alpha value is -2.28. The first-order chi connectivity index (χ1) is 10.5. The standard InChI is InChI=1S/C15H18N4O2S/c1-10(2)19(11-6-4-3-5-7-11)14(21)9-22-15-17-12(16)8-13(20)18-15/h3-8,10H,9H2,1-2H3,(H3,16,17,18,20). The molecule has 2 aromatic rings. The molecule has 1 aromatic carbocycles. The molecular weight excluding hydrogens is 300 g/mol. The van der Waals surface area contributed by atoms with E-state index in [0.717, 1.165) is 17.4 Å². The minimum atomic E-state index is -0.328. The molecule has 0 spiro atoms. The Morgan fingerprint density at radius 1 is 1.36 bits per heavy atom. The Kier molecular flexibility index (Phi) is 5.21. The maximum Gasteiger partial charge on any atom is 0.253 e. The number of para-hydroxylation sites is 1. The lowest BCUT2D eigenvalue weighted by atomic mass is 10.2. The van der Waals surface area contributed by atoms with Crippen LogP contribution >= 0.6 is 11.8 Å². The number of thioether (sulfide) groups is 1. The zero-order valence-corrected chi connectivity index (χ0v) is 13.3. The van der Waals surface area contributed by atoms with Gasteiger partial charge in [0, 0.05) is 17.8 Å². The van der Waals surface area contributed by atoms with Crippen LogP contribution in [0.2, 0.25) is 0 Å². The van der Waals surface area contributed by atoms with Crippen LogP contribution in [0.3, 0.4) is 0 Å². The number of aromatic nitrogens is 2. The van der Waals surface area contributed by atoms with Crippen molar-refractivity contribution < 1.29 is 4.79 Å². The number of nitrogen functional groups attached to an aromatic ring is 1. The minimum Gasteiger partial charge on any atom is -0.383 e. The fourth-order valence-corrected chi connectivity index (χ4v) is 2.78. The number of hydrogen-bond acceptors (Lipinski definition) is 5. The topological polar surface area (TPSA) is 92.1 Å². The first kappa shape index (κ1) is 16.1. The van der Waals surface area contributed by atoms with E-state index in [4.69, 9.17) is 5.73 Å². The van der Waals surface area contributed by atoms with Gasteiger partial charge in [0.15, 0.2) is 5.16 Å². The van der Waals surface area contributed by atoms with Gasteiger partial charge in [-0.1, -0.05) is 30.0 Å². The van der Waals surface area contributed by atoms with Gasteiger partial charge in [-0.25, -0.2) is 4.98 Å². The molecule has 0 saturated heterocycles. The molecular formula is C15H18N4O2S. The number of carbonyl (C=O) groups is 1. The van der Waals surface area contributed by atoms with Gasteiger partial charge in [0.05, 0.1) is 5.75 Å². The smallest absolute Gasteiger partial charge is 0.253 e. The van der Waals surface area contributed by atoms with Crippen LogP contribution in [0.25, 0.3) is 0 Å². The predicted molar refractivity (Wildman–Crippen MR) is 89.1 cm³/mol. The molecule has 0 unspecified atom stereocenters. The number of amides is 1. The second-order valence-corrected chi connectivity index (χ2v) is 5.92. The number of H-pyrrole nitrogens is 1. The fraction of sp³-hybridized carbons (Fsp3) is 0.267. The Labute approximate surface area is 132 Å². The molecule has 0 radical (unpaired) electrons. The highest BCUT2D eigenvalue weighted by molar-refractivity contribution is 7.99. The largest absolute Gasteiger partial charge is 0.383 e. The average molecular weight is 318 g/mol. The third-order valence-corrected chi connectivity index (χ3v) is 3.75. The quantitative estimate of drug-likeness (QED) is 0.649. The van der Waals surface area contributed by atoms with Crippen molar-refractivity contribution in [2.45, 2.75) is 25.0 Å². The van der Waals surface area contributed by atoms with E-state index in [1.54, 1.807) is 4.90 Å². The number of anilines is 2. The molecule has 3 N–H and O–H groups in total. The Balaban J connectivity index is 2.10. The highest BCUT2D eigenvalue weighted by atomic mass is 32.2. The lowest BCUT2D eigenvalue weighted by Gasteiger charge is -2.26. The van der Waals surface area contributed by atoms with E-state index in [-0.39, 0.29) is 29.1 Å². The average Bonchev–Trinajstić information content (AvgIpc) is 2.45. The molecule has 7 heteroatoms. The van der Waals surface area contributed by atoms with Gasteiger partial charge in [-0.3, -0.25) is 9.59 Å². The van der Waals surface area contributed by atoms with Gasteiger partial charge in [-0.15, -0.1) is 0 Å². The summed E-state index contributed by atoms with van der Waals surface area (Å²) in [5, 5.41) is 0.343. The number of benzene rings is 1. The van der Waals surface area contributed by atoms with Crippen LogP contribution in [-0.4, -0.2) is 27.7 Å². The second kappa shape index (κ2) is 7.13. The first-order valence-electron chi connectivity index (χ1n) is 6.84. The number of nitrogens with two attached hydrogens (primary N) is 1. The molecule has 0 aliphatic carbocycles. The van der Waals surface area contributed by atoms with Crippen molar-refractivity contribution in [2.75, 3.05) is 16.4 Å². The molecule has 2 rings (SSSR count). The van der Waals surface area contributed by atoms with Gasteiger partial charge in [-0.05, 0) is 26.0 Å². The SMILES string of the molecule is CC(C)N(C(=O)CSc1nc(N)cc(=O)[nH]1)c1ccccc1. The summed E-state index contributed by atoms with van der Waals surface area (Å²) in [5.41, 5.74) is 6.04. The molecule has 0 atom stereocenters. The van der Waals surface area contributed by atoms with Crippen molar-refractivity contribution in [1.29, 1.82) is 0 Å². The van der Waals surface area contributed by atoms with E-state index < -0.39 is 0 Å². The van der Waals surface area contributed by atoms with E-state index in [9.17, 15) is 9.59 Å². The lowest BCUT2D eigenvalue weighted by Crippen LogP contribution is -2.38.